The molecule has 0 spiro atoms. The van der Waals surface area contributed by atoms with Crippen LogP contribution >= 0.6 is 0 Å². The Kier molecular flexibility index (Phi) is 3.48. The molecule has 3 aromatic rings. The second kappa shape index (κ2) is 5.67. The third-order valence-electron chi connectivity index (χ3n) is 4.70. The Bertz CT molecular complexity index is 963. The molecular formula is C17H20N6O. The molecule has 1 aliphatic rings. The third kappa shape index (κ3) is 2.24. The van der Waals surface area contributed by atoms with Crippen molar-refractivity contribution in [1.29, 1.82) is 5.41 Å². The Morgan fingerprint density at radius 2 is 1.96 bits per heavy atom. The van der Waals surface area contributed by atoms with E-state index in [2.05, 4.69) is 9.55 Å². The summed E-state index contributed by atoms with van der Waals surface area (Å²) < 4.78 is 5.80. The third-order valence-corrected chi connectivity index (χ3v) is 4.70. The lowest BCUT2D eigenvalue weighted by molar-refractivity contribution is -0.133. The molecule has 4 rings (SSSR count). The Morgan fingerprint density at radius 1 is 1.21 bits per heavy atom. The molecule has 1 amide bonds. The number of hydrogen-bond donors (Lipinski definition) is 1. The van der Waals surface area contributed by atoms with Crippen molar-refractivity contribution in [2.24, 2.45) is 0 Å². The second-order valence-electron chi connectivity index (χ2n) is 6.04. The standard InChI is InChI=1S/C17H20N6O/c1-2-22-14-5-3-4-6-15(14)23(17(22)18)11-16(24)20-7-8-21-12-19-9-13(21)10-20/h3-6,9,12,18H,2,7-8,10-11H2,1H3. The van der Waals surface area contributed by atoms with Gasteiger partial charge in [0.1, 0.15) is 6.54 Å². The molecule has 124 valence electrons. The molecule has 1 aliphatic heterocycles. The van der Waals surface area contributed by atoms with Gasteiger partial charge in [-0.3, -0.25) is 10.2 Å². The number of rotatable bonds is 3. The SMILES string of the molecule is CCn1c(=N)n(CC(=O)N2CCn3cncc3C2)c2ccccc21. The number of amides is 1. The molecule has 1 aromatic carbocycles. The number of hydrogen-bond acceptors (Lipinski definition) is 3. The van der Waals surface area contributed by atoms with E-state index in [1.807, 2.05) is 53.2 Å². The number of benzene rings is 1. The Morgan fingerprint density at radius 3 is 2.71 bits per heavy atom. The Labute approximate surface area is 139 Å². The summed E-state index contributed by atoms with van der Waals surface area (Å²) >= 11 is 0. The average Bonchev–Trinajstić information content (AvgIpc) is 3.17. The summed E-state index contributed by atoms with van der Waals surface area (Å²) in [5.41, 5.74) is 3.35. The normalized spacial score (nSPS) is 14.1. The zero-order chi connectivity index (χ0) is 16.7. The van der Waals surface area contributed by atoms with Crippen molar-refractivity contribution in [3.8, 4) is 0 Å². The fourth-order valence-electron chi connectivity index (χ4n) is 3.41. The Balaban J connectivity index is 1.64. The van der Waals surface area contributed by atoms with Gasteiger partial charge in [-0.15, -0.1) is 0 Å². The van der Waals surface area contributed by atoms with E-state index in [0.717, 1.165) is 23.3 Å². The van der Waals surface area contributed by atoms with E-state index in [1.165, 1.54) is 0 Å². The van der Waals surface area contributed by atoms with Crippen molar-refractivity contribution in [2.45, 2.75) is 33.1 Å². The van der Waals surface area contributed by atoms with Gasteiger partial charge in [-0.05, 0) is 19.1 Å². The summed E-state index contributed by atoms with van der Waals surface area (Å²) in [6.45, 7) is 4.96. The van der Waals surface area contributed by atoms with Crippen molar-refractivity contribution >= 4 is 16.9 Å². The van der Waals surface area contributed by atoms with Crippen LogP contribution in [0.1, 0.15) is 12.6 Å². The molecule has 0 radical (unpaired) electrons. The highest BCUT2D eigenvalue weighted by molar-refractivity contribution is 5.81. The van der Waals surface area contributed by atoms with Crippen LogP contribution in [-0.4, -0.2) is 36.0 Å². The van der Waals surface area contributed by atoms with Crippen LogP contribution in [0.15, 0.2) is 36.8 Å². The van der Waals surface area contributed by atoms with Crippen LogP contribution in [0.3, 0.4) is 0 Å². The average molecular weight is 324 g/mol. The van der Waals surface area contributed by atoms with Crippen LogP contribution in [-0.2, 0) is 31.0 Å². The van der Waals surface area contributed by atoms with Gasteiger partial charge in [-0.2, -0.15) is 0 Å². The van der Waals surface area contributed by atoms with Crippen LogP contribution in [0, 0.1) is 5.41 Å². The van der Waals surface area contributed by atoms with E-state index in [4.69, 9.17) is 5.41 Å². The maximum Gasteiger partial charge on any atom is 0.243 e. The van der Waals surface area contributed by atoms with E-state index >= 15 is 0 Å². The van der Waals surface area contributed by atoms with Crippen LogP contribution in [0.5, 0.6) is 0 Å². The molecule has 0 unspecified atom stereocenters. The maximum atomic E-state index is 12.8. The molecule has 0 bridgehead atoms. The molecule has 0 atom stereocenters. The molecule has 3 heterocycles. The van der Waals surface area contributed by atoms with E-state index in [-0.39, 0.29) is 12.5 Å². The molecule has 0 aliphatic carbocycles. The van der Waals surface area contributed by atoms with E-state index in [0.29, 0.717) is 25.3 Å². The number of aryl methyl sites for hydroxylation is 1. The van der Waals surface area contributed by atoms with Gasteiger partial charge in [0.15, 0.2) is 0 Å². The van der Waals surface area contributed by atoms with Gasteiger partial charge in [-0.1, -0.05) is 12.1 Å². The minimum atomic E-state index is 0.0416. The van der Waals surface area contributed by atoms with Crippen LogP contribution < -0.4 is 5.62 Å². The predicted octanol–water partition coefficient (Wildman–Crippen LogP) is 1.18. The van der Waals surface area contributed by atoms with Gasteiger partial charge in [-0.25, -0.2) is 4.98 Å². The molecule has 2 aromatic heterocycles. The van der Waals surface area contributed by atoms with Gasteiger partial charge in [0.2, 0.25) is 11.5 Å². The molecule has 0 saturated heterocycles. The quantitative estimate of drug-likeness (QED) is 0.786. The molecular weight excluding hydrogens is 304 g/mol. The fourth-order valence-corrected chi connectivity index (χ4v) is 3.41. The minimum absolute atomic E-state index is 0.0416. The van der Waals surface area contributed by atoms with Crippen molar-refractivity contribution in [3.05, 3.63) is 48.1 Å². The number of carbonyl (C=O) groups excluding carboxylic acids is 1. The molecule has 24 heavy (non-hydrogen) atoms. The first-order valence-electron chi connectivity index (χ1n) is 8.18. The second-order valence-corrected chi connectivity index (χ2v) is 6.04. The molecule has 0 saturated carbocycles. The molecule has 7 heteroatoms. The summed E-state index contributed by atoms with van der Waals surface area (Å²) in [5, 5.41) is 8.42. The summed E-state index contributed by atoms with van der Waals surface area (Å²) in [7, 11) is 0. The van der Waals surface area contributed by atoms with Crippen molar-refractivity contribution in [2.75, 3.05) is 6.54 Å². The predicted molar refractivity (Wildman–Crippen MR) is 89.1 cm³/mol. The van der Waals surface area contributed by atoms with E-state index in [9.17, 15) is 4.79 Å². The lowest BCUT2D eigenvalue weighted by atomic mass is 10.3. The summed E-state index contributed by atoms with van der Waals surface area (Å²) in [5.74, 6) is 0.0416. The maximum absolute atomic E-state index is 12.8. The van der Waals surface area contributed by atoms with Crippen LogP contribution in [0.4, 0.5) is 0 Å². The Hall–Kier alpha value is -2.83. The number of para-hydroxylation sites is 2. The highest BCUT2D eigenvalue weighted by Gasteiger charge is 2.22. The van der Waals surface area contributed by atoms with Crippen molar-refractivity contribution in [1.82, 2.24) is 23.6 Å². The zero-order valence-corrected chi connectivity index (χ0v) is 13.6. The summed E-state index contributed by atoms with van der Waals surface area (Å²) in [6, 6.07) is 7.88. The number of nitrogens with one attached hydrogen (secondary N) is 1. The monoisotopic (exact) mass is 324 g/mol. The molecule has 1 N–H and O–H groups in total. The minimum Gasteiger partial charge on any atom is -0.333 e. The van der Waals surface area contributed by atoms with Gasteiger partial charge in [0, 0.05) is 25.8 Å². The number of aromatic nitrogens is 4. The molecule has 7 nitrogen and oxygen atoms in total. The number of fused-ring (bicyclic) bond motifs is 2. The highest BCUT2D eigenvalue weighted by atomic mass is 16.2. The summed E-state index contributed by atoms with van der Waals surface area (Å²) in [6.07, 6.45) is 3.62. The van der Waals surface area contributed by atoms with Crippen molar-refractivity contribution < 1.29 is 4.79 Å². The lowest BCUT2D eigenvalue weighted by Gasteiger charge is -2.28. The first kappa shape index (κ1) is 14.7. The van der Waals surface area contributed by atoms with Gasteiger partial charge in [0.05, 0.1) is 29.6 Å². The lowest BCUT2D eigenvalue weighted by Crippen LogP contribution is -2.41. The smallest absolute Gasteiger partial charge is 0.243 e. The highest BCUT2D eigenvalue weighted by Crippen LogP contribution is 2.15. The topological polar surface area (TPSA) is 71.8 Å². The van der Waals surface area contributed by atoms with Crippen molar-refractivity contribution in [3.63, 3.8) is 0 Å². The number of imidazole rings is 2. The van der Waals surface area contributed by atoms with E-state index < -0.39 is 0 Å². The molecule has 0 fully saturated rings. The number of nitrogens with zero attached hydrogens (tertiary/aromatic N) is 5. The largest absolute Gasteiger partial charge is 0.333 e. The summed E-state index contributed by atoms with van der Waals surface area (Å²) in [4.78, 5) is 18.8. The van der Waals surface area contributed by atoms with Crippen LogP contribution in [0.2, 0.25) is 0 Å². The van der Waals surface area contributed by atoms with Crippen LogP contribution in [0.25, 0.3) is 11.0 Å². The zero-order valence-electron chi connectivity index (χ0n) is 13.6. The first-order chi connectivity index (χ1) is 11.7. The van der Waals surface area contributed by atoms with Gasteiger partial charge in [0.25, 0.3) is 0 Å². The fraction of sp³-hybridized carbons (Fsp3) is 0.353. The first-order valence-corrected chi connectivity index (χ1v) is 8.18. The van der Waals surface area contributed by atoms with Gasteiger partial charge < -0.3 is 18.6 Å². The van der Waals surface area contributed by atoms with Gasteiger partial charge >= 0.3 is 0 Å². The number of carbonyl (C=O) groups is 1. The van der Waals surface area contributed by atoms with E-state index in [1.54, 1.807) is 4.57 Å².